The molecule has 0 saturated carbocycles. The summed E-state index contributed by atoms with van der Waals surface area (Å²) in [5, 5.41) is 13.3. The number of aliphatic hydroxyl groups is 1. The van der Waals surface area contributed by atoms with Gasteiger partial charge in [0.2, 0.25) is 5.91 Å². The summed E-state index contributed by atoms with van der Waals surface area (Å²) in [6.45, 7) is 2.19. The van der Waals surface area contributed by atoms with Gasteiger partial charge in [-0.2, -0.15) is 0 Å². The van der Waals surface area contributed by atoms with Crippen LogP contribution in [-0.2, 0) is 11.3 Å². The molecule has 0 bridgehead atoms. The summed E-state index contributed by atoms with van der Waals surface area (Å²) in [5.74, 6) is 5.47. The van der Waals surface area contributed by atoms with E-state index in [1.54, 1.807) is 11.3 Å². The van der Waals surface area contributed by atoms with E-state index in [1.165, 1.54) is 0 Å². The van der Waals surface area contributed by atoms with Crippen molar-refractivity contribution in [3.05, 3.63) is 21.9 Å². The summed E-state index contributed by atoms with van der Waals surface area (Å²) < 4.78 is 0. The summed E-state index contributed by atoms with van der Waals surface area (Å²) >= 11 is 1.55. The van der Waals surface area contributed by atoms with Gasteiger partial charge in [0.25, 0.3) is 0 Å². The molecule has 0 aliphatic carbocycles. The van der Waals surface area contributed by atoms with E-state index in [4.69, 9.17) is 5.11 Å². The second-order valence-corrected chi connectivity index (χ2v) is 3.85. The first-order valence-electron chi connectivity index (χ1n) is 4.70. The highest BCUT2D eigenvalue weighted by Gasteiger charge is 2.03. The van der Waals surface area contributed by atoms with E-state index in [0.29, 0.717) is 13.0 Å². The number of thiophene rings is 1. The predicted octanol–water partition coefficient (Wildman–Crippen LogP) is 1.12. The lowest BCUT2D eigenvalue weighted by Gasteiger charge is -2.01. The maximum atomic E-state index is 11.0. The van der Waals surface area contributed by atoms with Crippen LogP contribution in [0.2, 0.25) is 0 Å². The predicted molar refractivity (Wildman–Crippen MR) is 60.4 cm³/mol. The van der Waals surface area contributed by atoms with Crippen LogP contribution in [0, 0.1) is 11.8 Å². The molecule has 3 nitrogen and oxygen atoms in total. The van der Waals surface area contributed by atoms with Gasteiger partial charge in [-0.25, -0.2) is 0 Å². The van der Waals surface area contributed by atoms with Crippen molar-refractivity contribution in [2.75, 3.05) is 6.61 Å². The van der Waals surface area contributed by atoms with E-state index in [0.717, 1.165) is 10.4 Å². The Morgan fingerprint density at radius 1 is 1.67 bits per heavy atom. The smallest absolute Gasteiger partial charge is 0.220 e. The number of aliphatic hydroxyl groups excluding tert-OH is 1. The molecule has 0 aliphatic heterocycles. The molecule has 1 aromatic rings. The van der Waals surface area contributed by atoms with Crippen LogP contribution in [-0.4, -0.2) is 17.6 Å². The molecule has 0 fully saturated rings. The molecule has 0 radical (unpaired) electrons. The van der Waals surface area contributed by atoms with Gasteiger partial charge in [-0.15, -0.1) is 11.3 Å². The van der Waals surface area contributed by atoms with Crippen LogP contribution < -0.4 is 5.32 Å². The maximum absolute atomic E-state index is 11.0. The minimum absolute atomic E-state index is 0.0319. The van der Waals surface area contributed by atoms with Crippen molar-refractivity contribution in [3.63, 3.8) is 0 Å². The fourth-order valence-electron chi connectivity index (χ4n) is 1.03. The largest absolute Gasteiger partial charge is 0.384 e. The standard InChI is InChI=1S/C11H13NO2S/c1-2-11(14)12-8-10-9(4-3-6-13)5-7-15-10/h5,7,13H,2,6,8H2,1H3,(H,12,14). The molecule has 1 rings (SSSR count). The van der Waals surface area contributed by atoms with Crippen molar-refractivity contribution < 1.29 is 9.90 Å². The Hall–Kier alpha value is -1.31. The Morgan fingerprint density at radius 2 is 2.47 bits per heavy atom. The van der Waals surface area contributed by atoms with Gasteiger partial charge >= 0.3 is 0 Å². The van der Waals surface area contributed by atoms with Crippen LogP contribution in [0.1, 0.15) is 23.8 Å². The number of carbonyl (C=O) groups excluding carboxylic acids is 1. The zero-order chi connectivity index (χ0) is 11.1. The normalized spacial score (nSPS) is 9.20. The molecule has 0 aliphatic rings. The Bertz CT molecular complexity index is 387. The van der Waals surface area contributed by atoms with E-state index in [1.807, 2.05) is 18.4 Å². The van der Waals surface area contributed by atoms with Gasteiger partial charge in [-0.1, -0.05) is 18.8 Å². The third-order valence-corrected chi connectivity index (χ3v) is 2.74. The molecule has 1 amide bonds. The van der Waals surface area contributed by atoms with Crippen molar-refractivity contribution in [2.45, 2.75) is 19.9 Å². The molecule has 4 heteroatoms. The SMILES string of the molecule is CCC(=O)NCc1sccc1C#CCO. The summed E-state index contributed by atoms with van der Waals surface area (Å²) in [7, 11) is 0. The lowest BCUT2D eigenvalue weighted by Crippen LogP contribution is -2.21. The average Bonchev–Trinajstić information content (AvgIpc) is 2.70. The van der Waals surface area contributed by atoms with E-state index < -0.39 is 0 Å². The summed E-state index contributed by atoms with van der Waals surface area (Å²) in [6, 6.07) is 1.89. The van der Waals surface area contributed by atoms with Gasteiger partial charge < -0.3 is 10.4 Å². The van der Waals surface area contributed by atoms with Crippen LogP contribution >= 0.6 is 11.3 Å². The second kappa shape index (κ2) is 6.23. The Morgan fingerprint density at radius 3 is 3.13 bits per heavy atom. The van der Waals surface area contributed by atoms with Crippen LogP contribution in [0.25, 0.3) is 0 Å². The van der Waals surface area contributed by atoms with Crippen LogP contribution in [0.5, 0.6) is 0 Å². The van der Waals surface area contributed by atoms with Gasteiger partial charge in [-0.05, 0) is 11.4 Å². The van der Waals surface area contributed by atoms with Crippen LogP contribution in [0.15, 0.2) is 11.4 Å². The molecule has 1 aromatic heterocycles. The average molecular weight is 223 g/mol. The molecular weight excluding hydrogens is 210 g/mol. The Balaban J connectivity index is 2.61. The van der Waals surface area contributed by atoms with Gasteiger partial charge in [0.1, 0.15) is 6.61 Å². The molecule has 2 N–H and O–H groups in total. The Labute approximate surface area is 93.1 Å². The third-order valence-electron chi connectivity index (χ3n) is 1.81. The fourth-order valence-corrected chi connectivity index (χ4v) is 1.80. The Kier molecular flexibility index (Phi) is 4.88. The number of hydrogen-bond acceptors (Lipinski definition) is 3. The van der Waals surface area contributed by atoms with Crippen LogP contribution in [0.3, 0.4) is 0 Å². The molecule has 0 saturated heterocycles. The van der Waals surface area contributed by atoms with E-state index in [2.05, 4.69) is 17.2 Å². The summed E-state index contributed by atoms with van der Waals surface area (Å²) in [6.07, 6.45) is 0.489. The molecule has 80 valence electrons. The molecular formula is C11H13NO2S. The number of rotatable bonds is 3. The highest BCUT2D eigenvalue weighted by atomic mass is 32.1. The summed E-state index contributed by atoms with van der Waals surface area (Å²) in [4.78, 5) is 12.1. The van der Waals surface area contributed by atoms with Gasteiger partial charge in [0.15, 0.2) is 0 Å². The number of nitrogens with one attached hydrogen (secondary N) is 1. The molecule has 1 heterocycles. The fraction of sp³-hybridized carbons (Fsp3) is 0.364. The first-order chi connectivity index (χ1) is 7.27. The van der Waals surface area contributed by atoms with E-state index in [9.17, 15) is 4.79 Å². The number of carbonyl (C=O) groups is 1. The van der Waals surface area contributed by atoms with Crippen LogP contribution in [0.4, 0.5) is 0 Å². The van der Waals surface area contributed by atoms with Gasteiger partial charge in [-0.3, -0.25) is 4.79 Å². The van der Waals surface area contributed by atoms with Crippen molar-refractivity contribution >= 4 is 17.2 Å². The van der Waals surface area contributed by atoms with E-state index >= 15 is 0 Å². The monoisotopic (exact) mass is 223 g/mol. The minimum atomic E-state index is -0.142. The maximum Gasteiger partial charge on any atom is 0.220 e. The topological polar surface area (TPSA) is 49.3 Å². The zero-order valence-electron chi connectivity index (χ0n) is 8.54. The molecule has 15 heavy (non-hydrogen) atoms. The van der Waals surface area contributed by atoms with Crippen molar-refractivity contribution in [1.29, 1.82) is 0 Å². The summed E-state index contributed by atoms with van der Waals surface area (Å²) in [5.41, 5.74) is 0.880. The zero-order valence-corrected chi connectivity index (χ0v) is 9.36. The molecule has 0 atom stereocenters. The number of hydrogen-bond donors (Lipinski definition) is 2. The highest BCUT2D eigenvalue weighted by Crippen LogP contribution is 2.15. The second-order valence-electron chi connectivity index (χ2n) is 2.85. The van der Waals surface area contributed by atoms with Crippen molar-refractivity contribution in [2.24, 2.45) is 0 Å². The molecule has 0 aromatic carbocycles. The first-order valence-corrected chi connectivity index (χ1v) is 5.58. The number of amides is 1. The van der Waals surface area contributed by atoms with Gasteiger partial charge in [0, 0.05) is 16.9 Å². The van der Waals surface area contributed by atoms with Crippen molar-refractivity contribution in [3.8, 4) is 11.8 Å². The lowest BCUT2D eigenvalue weighted by atomic mass is 10.2. The minimum Gasteiger partial charge on any atom is -0.384 e. The molecule has 0 spiro atoms. The quantitative estimate of drug-likeness (QED) is 0.754. The van der Waals surface area contributed by atoms with E-state index in [-0.39, 0.29) is 12.5 Å². The van der Waals surface area contributed by atoms with Crippen molar-refractivity contribution in [1.82, 2.24) is 5.32 Å². The van der Waals surface area contributed by atoms with Gasteiger partial charge in [0.05, 0.1) is 6.54 Å². The third kappa shape index (κ3) is 3.74. The highest BCUT2D eigenvalue weighted by molar-refractivity contribution is 7.10. The lowest BCUT2D eigenvalue weighted by molar-refractivity contribution is -0.120. The molecule has 0 unspecified atom stereocenters. The first kappa shape index (κ1) is 11.8.